The zero-order chi connectivity index (χ0) is 22.3. The van der Waals surface area contributed by atoms with Gasteiger partial charge in [0.15, 0.2) is 0 Å². The minimum absolute atomic E-state index is 0.211. The summed E-state index contributed by atoms with van der Waals surface area (Å²) in [5.41, 5.74) is 5.59. The highest BCUT2D eigenvalue weighted by Crippen LogP contribution is 2.30. The molecule has 0 bridgehead atoms. The lowest BCUT2D eigenvalue weighted by Crippen LogP contribution is -2.23. The normalized spacial score (nSPS) is 13.6. The van der Waals surface area contributed by atoms with Crippen LogP contribution in [0.15, 0.2) is 23.0 Å². The first-order valence-corrected chi connectivity index (χ1v) is 11.3. The Labute approximate surface area is 185 Å². The van der Waals surface area contributed by atoms with Crippen molar-refractivity contribution in [1.29, 1.82) is 0 Å². The summed E-state index contributed by atoms with van der Waals surface area (Å²) < 4.78 is 1.32. The molecule has 0 spiro atoms. The van der Waals surface area contributed by atoms with Crippen molar-refractivity contribution in [3.05, 3.63) is 55.9 Å². The Kier molecular flexibility index (Phi) is 5.66. The standard InChI is InChI=1S/C23H27N5O2S/c1-13-12-17(8-9-18(13)28-10-6-7-11-28)25-21(29)20-16(4)24-22(31-20)19-14(2)15(3)26-27(5)23(19)30/h8-9,12H,6-7,10-11H2,1-5H3,(H,25,29). The molecule has 0 atom stereocenters. The van der Waals surface area contributed by atoms with Crippen LogP contribution < -0.4 is 15.8 Å². The molecular formula is C23H27N5O2S. The molecule has 1 aliphatic rings. The van der Waals surface area contributed by atoms with Crippen molar-refractivity contribution in [2.24, 2.45) is 7.05 Å². The van der Waals surface area contributed by atoms with Crippen LogP contribution in [0.2, 0.25) is 0 Å². The molecule has 0 saturated carbocycles. The van der Waals surface area contributed by atoms with Crippen molar-refractivity contribution < 1.29 is 4.79 Å². The lowest BCUT2D eigenvalue weighted by Gasteiger charge is -2.20. The van der Waals surface area contributed by atoms with Crippen molar-refractivity contribution >= 4 is 28.6 Å². The molecule has 1 amide bonds. The predicted molar refractivity (Wildman–Crippen MR) is 125 cm³/mol. The van der Waals surface area contributed by atoms with Crippen LogP contribution in [-0.2, 0) is 7.05 Å². The highest BCUT2D eigenvalue weighted by atomic mass is 32.1. The molecule has 0 unspecified atom stereocenters. The molecule has 1 aromatic carbocycles. The van der Waals surface area contributed by atoms with Gasteiger partial charge in [-0.1, -0.05) is 0 Å². The average Bonchev–Trinajstić information content (AvgIpc) is 3.37. The third-order valence-corrected chi connectivity index (χ3v) is 7.02. The number of rotatable bonds is 4. The number of carbonyl (C=O) groups is 1. The molecule has 8 heteroatoms. The second kappa shape index (κ2) is 8.26. The van der Waals surface area contributed by atoms with E-state index in [-0.39, 0.29) is 11.5 Å². The second-order valence-electron chi connectivity index (χ2n) is 8.10. The lowest BCUT2D eigenvalue weighted by molar-refractivity contribution is 0.103. The Hall–Kier alpha value is -3.00. The average molecular weight is 438 g/mol. The van der Waals surface area contributed by atoms with E-state index < -0.39 is 0 Å². The van der Waals surface area contributed by atoms with Crippen LogP contribution in [0.25, 0.3) is 10.6 Å². The van der Waals surface area contributed by atoms with Gasteiger partial charge in [-0.05, 0) is 69.9 Å². The van der Waals surface area contributed by atoms with Gasteiger partial charge in [0.1, 0.15) is 9.88 Å². The zero-order valence-corrected chi connectivity index (χ0v) is 19.4. The van der Waals surface area contributed by atoms with E-state index in [0.29, 0.717) is 21.1 Å². The number of nitrogens with one attached hydrogen (secondary N) is 1. The molecule has 7 nitrogen and oxygen atoms in total. The molecule has 1 N–H and O–H groups in total. The lowest BCUT2D eigenvalue weighted by atomic mass is 10.1. The van der Waals surface area contributed by atoms with Crippen LogP contribution in [0.1, 0.15) is 45.0 Å². The van der Waals surface area contributed by atoms with Crippen LogP contribution in [0.3, 0.4) is 0 Å². The van der Waals surface area contributed by atoms with Crippen LogP contribution in [0.4, 0.5) is 11.4 Å². The van der Waals surface area contributed by atoms with Crippen molar-refractivity contribution in [1.82, 2.24) is 14.8 Å². The van der Waals surface area contributed by atoms with Gasteiger partial charge in [0.2, 0.25) is 0 Å². The summed E-state index contributed by atoms with van der Waals surface area (Å²) >= 11 is 1.24. The second-order valence-corrected chi connectivity index (χ2v) is 9.10. The summed E-state index contributed by atoms with van der Waals surface area (Å²) in [5, 5.41) is 7.76. The van der Waals surface area contributed by atoms with E-state index in [1.165, 1.54) is 34.5 Å². The van der Waals surface area contributed by atoms with Crippen LogP contribution >= 0.6 is 11.3 Å². The number of aryl methyl sites for hydroxylation is 4. The quantitative estimate of drug-likeness (QED) is 0.668. The number of thiazole rings is 1. The molecule has 0 aliphatic carbocycles. The Morgan fingerprint density at radius 3 is 2.48 bits per heavy atom. The van der Waals surface area contributed by atoms with Crippen LogP contribution in [0.5, 0.6) is 0 Å². The summed E-state index contributed by atoms with van der Waals surface area (Å²) in [5.74, 6) is -0.213. The van der Waals surface area contributed by atoms with E-state index in [9.17, 15) is 9.59 Å². The number of nitrogens with zero attached hydrogens (tertiary/aromatic N) is 4. The molecule has 4 rings (SSSR count). The summed E-state index contributed by atoms with van der Waals surface area (Å²) in [7, 11) is 1.63. The number of amides is 1. The van der Waals surface area contributed by atoms with E-state index in [0.717, 1.165) is 35.6 Å². The molecular weight excluding hydrogens is 410 g/mol. The smallest absolute Gasteiger partial charge is 0.277 e. The van der Waals surface area contributed by atoms with Crippen LogP contribution in [0, 0.1) is 27.7 Å². The topological polar surface area (TPSA) is 80.1 Å². The highest BCUT2D eigenvalue weighted by molar-refractivity contribution is 7.17. The van der Waals surface area contributed by atoms with Gasteiger partial charge in [0.25, 0.3) is 11.5 Å². The van der Waals surface area contributed by atoms with Crippen LogP contribution in [-0.4, -0.2) is 33.8 Å². The fourth-order valence-electron chi connectivity index (χ4n) is 4.05. The van der Waals surface area contributed by atoms with Gasteiger partial charge in [0, 0.05) is 31.5 Å². The third kappa shape index (κ3) is 3.99. The molecule has 1 saturated heterocycles. The summed E-state index contributed by atoms with van der Waals surface area (Å²) in [6.45, 7) is 9.76. The van der Waals surface area contributed by atoms with E-state index in [1.807, 2.05) is 26.0 Å². The van der Waals surface area contributed by atoms with Gasteiger partial charge in [-0.3, -0.25) is 9.59 Å². The monoisotopic (exact) mass is 437 g/mol. The first-order valence-electron chi connectivity index (χ1n) is 10.5. The van der Waals surface area contributed by atoms with Crippen molar-refractivity contribution in [2.75, 3.05) is 23.3 Å². The summed E-state index contributed by atoms with van der Waals surface area (Å²) in [6.07, 6.45) is 2.45. The van der Waals surface area contributed by atoms with Crippen molar-refractivity contribution in [3.8, 4) is 10.6 Å². The minimum Gasteiger partial charge on any atom is -0.371 e. The molecule has 1 fully saturated rings. The highest BCUT2D eigenvalue weighted by Gasteiger charge is 2.21. The third-order valence-electron chi connectivity index (χ3n) is 5.84. The maximum absolute atomic E-state index is 13.0. The van der Waals surface area contributed by atoms with Gasteiger partial charge in [0.05, 0.1) is 17.0 Å². The Morgan fingerprint density at radius 1 is 1.10 bits per heavy atom. The molecule has 162 valence electrons. The fourth-order valence-corrected chi connectivity index (χ4v) is 5.10. The predicted octanol–water partition coefficient (Wildman–Crippen LogP) is 3.99. The molecule has 31 heavy (non-hydrogen) atoms. The Morgan fingerprint density at radius 2 is 1.81 bits per heavy atom. The van der Waals surface area contributed by atoms with Gasteiger partial charge in [-0.2, -0.15) is 5.10 Å². The number of benzene rings is 1. The van der Waals surface area contributed by atoms with E-state index in [4.69, 9.17) is 0 Å². The van der Waals surface area contributed by atoms with Gasteiger partial charge in [-0.25, -0.2) is 9.67 Å². The summed E-state index contributed by atoms with van der Waals surface area (Å²) in [4.78, 5) is 33.1. The first-order chi connectivity index (χ1) is 14.8. The zero-order valence-electron chi connectivity index (χ0n) is 18.6. The van der Waals surface area contributed by atoms with Crippen molar-refractivity contribution in [2.45, 2.75) is 40.5 Å². The number of hydrogen-bond acceptors (Lipinski definition) is 6. The van der Waals surface area contributed by atoms with Gasteiger partial charge in [-0.15, -0.1) is 11.3 Å². The van der Waals surface area contributed by atoms with Gasteiger partial charge < -0.3 is 10.2 Å². The molecule has 0 radical (unpaired) electrons. The maximum atomic E-state index is 13.0. The minimum atomic E-state index is -0.213. The fraction of sp³-hybridized carbons (Fsp3) is 0.391. The van der Waals surface area contributed by atoms with Crippen molar-refractivity contribution in [3.63, 3.8) is 0 Å². The largest absolute Gasteiger partial charge is 0.371 e. The van der Waals surface area contributed by atoms with E-state index in [2.05, 4.69) is 33.3 Å². The molecule has 3 heterocycles. The maximum Gasteiger partial charge on any atom is 0.277 e. The SMILES string of the molecule is Cc1cc(NC(=O)c2sc(-c3c(C)c(C)nn(C)c3=O)nc2C)ccc1N1CCCC1. The number of carbonyl (C=O) groups excluding carboxylic acids is 1. The number of anilines is 2. The first kappa shape index (κ1) is 21.2. The van der Waals surface area contributed by atoms with E-state index in [1.54, 1.807) is 14.0 Å². The Balaban J connectivity index is 1.61. The van der Waals surface area contributed by atoms with E-state index >= 15 is 0 Å². The molecule has 2 aromatic heterocycles. The van der Waals surface area contributed by atoms with Gasteiger partial charge >= 0.3 is 0 Å². The number of hydrogen-bond donors (Lipinski definition) is 1. The molecule has 3 aromatic rings. The Bertz CT molecular complexity index is 1220. The number of aromatic nitrogens is 3. The summed E-state index contributed by atoms with van der Waals surface area (Å²) in [6, 6.07) is 6.03. The molecule has 1 aliphatic heterocycles.